The topological polar surface area (TPSA) is 94.2 Å². The number of nitrogens with one attached hydrogen (secondary N) is 2. The second-order valence-corrected chi connectivity index (χ2v) is 9.76. The highest BCUT2D eigenvalue weighted by atomic mass is 35.5. The minimum atomic E-state index is -4.51. The van der Waals surface area contributed by atoms with Gasteiger partial charge in [-0.15, -0.1) is 0 Å². The molecule has 13 heteroatoms. The molecule has 4 amide bonds. The molecule has 2 N–H and O–H groups in total. The summed E-state index contributed by atoms with van der Waals surface area (Å²) in [4.78, 5) is 44.0. The number of anilines is 1. The highest BCUT2D eigenvalue weighted by Gasteiger charge is 2.33. The van der Waals surface area contributed by atoms with Crippen molar-refractivity contribution in [3.63, 3.8) is 0 Å². The van der Waals surface area contributed by atoms with E-state index >= 15 is 0 Å². The summed E-state index contributed by atoms with van der Waals surface area (Å²) >= 11 is 6.29. The average Bonchev–Trinajstić information content (AvgIpc) is 3.06. The lowest BCUT2D eigenvalue weighted by Gasteiger charge is -2.30. The van der Waals surface area contributed by atoms with Crippen molar-refractivity contribution in [2.45, 2.75) is 25.7 Å². The summed E-state index contributed by atoms with van der Waals surface area (Å²) in [5.41, 5.74) is 1.37. The molecule has 1 fully saturated rings. The van der Waals surface area contributed by atoms with Crippen LogP contribution in [0, 0.1) is 0 Å². The van der Waals surface area contributed by atoms with Crippen molar-refractivity contribution in [1.82, 2.24) is 20.4 Å². The number of urea groups is 1. The summed E-state index contributed by atoms with van der Waals surface area (Å²) in [6.45, 7) is 3.07. The highest BCUT2D eigenvalue weighted by Crippen LogP contribution is 2.31. The SMILES string of the molecule is CC1CN(C(=O)c2ccc(OCC(F)(F)F)cc2Cl)c2ccccc2CN1C(=O)NCC(=O)N1CCNCC1. The van der Waals surface area contributed by atoms with E-state index < -0.39 is 30.8 Å². The van der Waals surface area contributed by atoms with Crippen LogP contribution in [0.5, 0.6) is 5.75 Å². The summed E-state index contributed by atoms with van der Waals surface area (Å²) < 4.78 is 42.2. The van der Waals surface area contributed by atoms with Gasteiger partial charge in [0, 0.05) is 51.0 Å². The van der Waals surface area contributed by atoms with Gasteiger partial charge in [0.1, 0.15) is 5.75 Å². The molecule has 0 aromatic heterocycles. The number of ether oxygens (including phenoxy) is 1. The fourth-order valence-electron chi connectivity index (χ4n) is 4.52. The van der Waals surface area contributed by atoms with Crippen LogP contribution in [0.15, 0.2) is 42.5 Å². The molecule has 0 aliphatic carbocycles. The Labute approximate surface area is 228 Å². The molecule has 210 valence electrons. The second-order valence-electron chi connectivity index (χ2n) is 9.36. The Hall–Kier alpha value is -3.51. The van der Waals surface area contributed by atoms with Crippen LogP contribution in [0.4, 0.5) is 23.7 Å². The van der Waals surface area contributed by atoms with Crippen LogP contribution in [-0.2, 0) is 11.3 Å². The molecule has 2 aliphatic rings. The van der Waals surface area contributed by atoms with Gasteiger partial charge in [-0.25, -0.2) is 4.79 Å². The number of fused-ring (bicyclic) bond motifs is 1. The van der Waals surface area contributed by atoms with Gasteiger partial charge >= 0.3 is 12.2 Å². The summed E-state index contributed by atoms with van der Waals surface area (Å²) in [6.07, 6.45) is -4.51. The first kappa shape index (κ1) is 28.5. The predicted molar refractivity (Wildman–Crippen MR) is 139 cm³/mol. The highest BCUT2D eigenvalue weighted by molar-refractivity contribution is 6.34. The van der Waals surface area contributed by atoms with E-state index in [9.17, 15) is 27.6 Å². The van der Waals surface area contributed by atoms with Crippen molar-refractivity contribution in [3.8, 4) is 5.75 Å². The van der Waals surface area contributed by atoms with Gasteiger partial charge in [0.25, 0.3) is 5.91 Å². The molecule has 9 nitrogen and oxygen atoms in total. The van der Waals surface area contributed by atoms with E-state index in [1.165, 1.54) is 23.1 Å². The fraction of sp³-hybridized carbons (Fsp3) is 0.423. The Bertz CT molecular complexity index is 1220. The van der Waals surface area contributed by atoms with Gasteiger partial charge < -0.3 is 30.1 Å². The molecule has 39 heavy (non-hydrogen) atoms. The molecule has 1 atom stereocenters. The Morgan fingerprint density at radius 2 is 1.85 bits per heavy atom. The molecule has 2 aromatic carbocycles. The summed E-state index contributed by atoms with van der Waals surface area (Å²) in [7, 11) is 0. The van der Waals surface area contributed by atoms with Gasteiger partial charge in [0.15, 0.2) is 6.61 Å². The maximum atomic E-state index is 13.6. The first-order valence-corrected chi connectivity index (χ1v) is 12.8. The number of hydrogen-bond acceptors (Lipinski definition) is 5. The minimum Gasteiger partial charge on any atom is -0.484 e. The van der Waals surface area contributed by atoms with Crippen LogP contribution < -0.4 is 20.3 Å². The van der Waals surface area contributed by atoms with Gasteiger partial charge in [-0.2, -0.15) is 13.2 Å². The lowest BCUT2D eigenvalue weighted by molar-refractivity contribution is -0.153. The Morgan fingerprint density at radius 1 is 1.13 bits per heavy atom. The first-order chi connectivity index (χ1) is 18.5. The van der Waals surface area contributed by atoms with Crippen molar-refractivity contribution < 1.29 is 32.3 Å². The third kappa shape index (κ3) is 7.12. The maximum absolute atomic E-state index is 13.6. The number of benzene rings is 2. The lowest BCUT2D eigenvalue weighted by atomic mass is 10.1. The number of amides is 4. The van der Waals surface area contributed by atoms with Crippen molar-refractivity contribution >= 4 is 35.1 Å². The Morgan fingerprint density at radius 3 is 2.54 bits per heavy atom. The molecule has 0 spiro atoms. The number of carbonyl (C=O) groups is 3. The van der Waals surface area contributed by atoms with Crippen LogP contribution in [0.25, 0.3) is 0 Å². The van der Waals surface area contributed by atoms with Crippen LogP contribution in [0.3, 0.4) is 0 Å². The Kier molecular flexibility index (Phi) is 8.86. The molecule has 2 aromatic rings. The molecule has 1 saturated heterocycles. The van der Waals surface area contributed by atoms with E-state index in [1.54, 1.807) is 41.0 Å². The average molecular weight is 568 g/mol. The third-order valence-electron chi connectivity index (χ3n) is 6.54. The van der Waals surface area contributed by atoms with E-state index in [-0.39, 0.29) is 41.9 Å². The van der Waals surface area contributed by atoms with E-state index in [2.05, 4.69) is 10.6 Å². The van der Waals surface area contributed by atoms with Crippen molar-refractivity contribution in [3.05, 3.63) is 58.6 Å². The summed E-state index contributed by atoms with van der Waals surface area (Å²) in [5, 5.41) is 5.82. The zero-order valence-electron chi connectivity index (χ0n) is 21.3. The van der Waals surface area contributed by atoms with Gasteiger partial charge in [-0.3, -0.25) is 9.59 Å². The molecule has 0 bridgehead atoms. The molecule has 1 unspecified atom stereocenters. The monoisotopic (exact) mass is 567 g/mol. The third-order valence-corrected chi connectivity index (χ3v) is 6.85. The van der Waals surface area contributed by atoms with Crippen molar-refractivity contribution in [2.75, 3.05) is 50.8 Å². The smallest absolute Gasteiger partial charge is 0.422 e. The fourth-order valence-corrected chi connectivity index (χ4v) is 4.77. The largest absolute Gasteiger partial charge is 0.484 e. The molecule has 2 heterocycles. The zero-order valence-corrected chi connectivity index (χ0v) is 22.0. The number of halogens is 4. The number of rotatable bonds is 5. The lowest BCUT2D eigenvalue weighted by Crippen LogP contribution is -2.52. The standard InChI is InChI=1S/C26H29ClF3N5O4/c1-17-14-35(24(37)20-7-6-19(12-21(20)27)39-16-26(28,29)30)22-5-3-2-4-18(22)15-34(17)25(38)32-13-23(36)33-10-8-31-9-11-33/h2-7,12,17,31H,8-11,13-16H2,1H3,(H,32,38). The van der Waals surface area contributed by atoms with Crippen LogP contribution >= 0.6 is 11.6 Å². The van der Waals surface area contributed by atoms with E-state index in [4.69, 9.17) is 16.3 Å². The van der Waals surface area contributed by atoms with Gasteiger partial charge in [0.05, 0.1) is 17.1 Å². The first-order valence-electron chi connectivity index (χ1n) is 12.5. The van der Waals surface area contributed by atoms with Crippen molar-refractivity contribution in [2.24, 2.45) is 0 Å². The zero-order chi connectivity index (χ0) is 28.2. The number of piperazine rings is 1. The van der Waals surface area contributed by atoms with Crippen LogP contribution in [0.2, 0.25) is 5.02 Å². The number of nitrogens with zero attached hydrogens (tertiary/aromatic N) is 3. The van der Waals surface area contributed by atoms with Crippen LogP contribution in [0.1, 0.15) is 22.8 Å². The van der Waals surface area contributed by atoms with E-state index in [1.807, 2.05) is 0 Å². The molecule has 0 radical (unpaired) electrons. The van der Waals surface area contributed by atoms with Gasteiger partial charge in [-0.05, 0) is 36.8 Å². The molecule has 0 saturated carbocycles. The molecular weight excluding hydrogens is 539 g/mol. The summed E-state index contributed by atoms with van der Waals surface area (Å²) in [5.74, 6) is -0.753. The minimum absolute atomic E-state index is 0.0601. The van der Waals surface area contributed by atoms with Gasteiger partial charge in [0.2, 0.25) is 5.91 Å². The van der Waals surface area contributed by atoms with E-state index in [0.717, 1.165) is 0 Å². The second kappa shape index (κ2) is 12.1. The van der Waals surface area contributed by atoms with Crippen molar-refractivity contribution in [1.29, 1.82) is 0 Å². The van der Waals surface area contributed by atoms with Crippen LogP contribution in [-0.4, -0.2) is 85.7 Å². The number of carbonyl (C=O) groups excluding carboxylic acids is 3. The maximum Gasteiger partial charge on any atom is 0.422 e. The molecule has 4 rings (SSSR count). The number of hydrogen-bond donors (Lipinski definition) is 2. The van der Waals surface area contributed by atoms with Gasteiger partial charge in [-0.1, -0.05) is 29.8 Å². The molecule has 2 aliphatic heterocycles. The number of alkyl halides is 3. The quantitative estimate of drug-likeness (QED) is 0.578. The normalized spacial score (nSPS) is 17.8. The van der Waals surface area contributed by atoms with E-state index in [0.29, 0.717) is 37.4 Å². The Balaban J connectivity index is 1.49. The predicted octanol–water partition coefficient (Wildman–Crippen LogP) is 3.27. The number of para-hydroxylation sites is 1. The molecular formula is C26H29ClF3N5O4. The summed E-state index contributed by atoms with van der Waals surface area (Å²) in [6, 6.07) is 9.99.